The molecule has 6 nitrogen and oxygen atoms in total. The van der Waals surface area contributed by atoms with E-state index in [4.69, 9.17) is 4.74 Å². The molecule has 0 fully saturated rings. The zero-order valence-corrected chi connectivity index (χ0v) is 17.0. The molecule has 0 N–H and O–H groups in total. The third kappa shape index (κ3) is 20.8. The van der Waals surface area contributed by atoms with Gasteiger partial charge < -0.3 is 9.29 Å². The van der Waals surface area contributed by atoms with Crippen LogP contribution >= 0.6 is 0 Å². The van der Waals surface area contributed by atoms with E-state index in [1.807, 2.05) is 6.92 Å². The smallest absolute Gasteiger partial charge is 0.724 e. The van der Waals surface area contributed by atoms with Crippen LogP contribution in [0.4, 0.5) is 0 Å². The Labute approximate surface area is 157 Å². The van der Waals surface area contributed by atoms with Gasteiger partial charge in [0.2, 0.25) is 10.4 Å². The second kappa shape index (κ2) is 16.6. The Hall–Kier alpha value is 0.790. The molecule has 0 rings (SSSR count). The van der Waals surface area contributed by atoms with Gasteiger partial charge in [-0.3, -0.25) is 0 Å². The van der Waals surface area contributed by atoms with E-state index in [2.05, 4.69) is 16.1 Å². The molecule has 0 aliphatic rings. The molecule has 0 aliphatic heterocycles. The largest absolute Gasteiger partial charge is 1.00 e. The number of rotatable bonds is 15. The van der Waals surface area contributed by atoms with Crippen molar-refractivity contribution < 1.29 is 56.5 Å². The normalized spacial score (nSPS) is 12.9. The molecule has 0 bridgehead atoms. The van der Waals surface area contributed by atoms with Crippen molar-refractivity contribution in [3.63, 3.8) is 0 Å². The molecule has 0 radical (unpaired) electrons. The SMILES string of the molecule is CCCCCCCCCCC(C)OCCOOS(=O)(=O)[O-].[Na+]. The first-order valence-electron chi connectivity index (χ1n) is 7.84. The summed E-state index contributed by atoms with van der Waals surface area (Å²) in [6, 6.07) is 0. The maximum atomic E-state index is 10.1. The molecule has 0 aromatic carbocycles. The Morgan fingerprint density at radius 3 is 2.05 bits per heavy atom. The number of hydrogen-bond donors (Lipinski definition) is 0. The van der Waals surface area contributed by atoms with E-state index < -0.39 is 10.4 Å². The quantitative estimate of drug-likeness (QED) is 0.106. The number of hydrogen-bond acceptors (Lipinski definition) is 6. The van der Waals surface area contributed by atoms with E-state index in [1.54, 1.807) is 0 Å². The molecule has 0 saturated carbocycles. The van der Waals surface area contributed by atoms with E-state index in [1.165, 1.54) is 44.9 Å². The van der Waals surface area contributed by atoms with E-state index in [0.29, 0.717) is 0 Å². The van der Waals surface area contributed by atoms with Crippen molar-refractivity contribution in [2.75, 3.05) is 13.2 Å². The van der Waals surface area contributed by atoms with Gasteiger partial charge in [0.05, 0.1) is 12.7 Å². The first-order valence-corrected chi connectivity index (χ1v) is 9.17. The second-order valence-electron chi connectivity index (χ2n) is 5.24. The van der Waals surface area contributed by atoms with E-state index in [-0.39, 0.29) is 48.9 Å². The average Bonchev–Trinajstić information content (AvgIpc) is 2.40. The first-order chi connectivity index (χ1) is 9.95. The summed E-state index contributed by atoms with van der Waals surface area (Å²) >= 11 is 0. The van der Waals surface area contributed by atoms with Crippen LogP contribution in [-0.4, -0.2) is 32.3 Å². The fourth-order valence-electron chi connectivity index (χ4n) is 2.03. The van der Waals surface area contributed by atoms with E-state index in [9.17, 15) is 13.0 Å². The standard InChI is InChI=1S/C14H30O6S.Na/c1-3-4-5-6-7-8-9-10-11-14(2)18-12-13-19-20-21(15,16)17;/h14H,3-13H2,1-2H3,(H,15,16,17);/q;+1/p-1. The Bertz CT molecular complexity index is 323. The summed E-state index contributed by atoms with van der Waals surface area (Å²) in [6.45, 7) is 4.31. The van der Waals surface area contributed by atoms with Crippen LogP contribution in [0.3, 0.4) is 0 Å². The van der Waals surface area contributed by atoms with Gasteiger partial charge in [-0.05, 0) is 13.3 Å². The molecule has 128 valence electrons. The van der Waals surface area contributed by atoms with Crippen LogP contribution in [0.1, 0.15) is 71.6 Å². The predicted octanol–water partition coefficient (Wildman–Crippen LogP) is 0.335. The van der Waals surface area contributed by atoms with Crippen molar-refractivity contribution in [2.24, 2.45) is 0 Å². The summed E-state index contributed by atoms with van der Waals surface area (Å²) < 4.78 is 39.2. The topological polar surface area (TPSA) is 84.9 Å². The van der Waals surface area contributed by atoms with Crippen molar-refractivity contribution in [3.05, 3.63) is 0 Å². The van der Waals surface area contributed by atoms with E-state index >= 15 is 0 Å². The summed E-state index contributed by atoms with van der Waals surface area (Å²) in [7, 11) is -4.78. The third-order valence-electron chi connectivity index (χ3n) is 3.16. The van der Waals surface area contributed by atoms with Crippen LogP contribution in [0.15, 0.2) is 0 Å². The van der Waals surface area contributed by atoms with Gasteiger partial charge >= 0.3 is 29.6 Å². The molecule has 1 unspecified atom stereocenters. The Morgan fingerprint density at radius 1 is 0.955 bits per heavy atom. The van der Waals surface area contributed by atoms with Gasteiger partial charge in [0.1, 0.15) is 6.61 Å². The van der Waals surface area contributed by atoms with Crippen LogP contribution in [-0.2, 0) is 24.4 Å². The van der Waals surface area contributed by atoms with Gasteiger partial charge in [-0.15, -0.1) is 4.33 Å². The first kappa shape index (κ1) is 25.0. The van der Waals surface area contributed by atoms with Gasteiger partial charge in [-0.1, -0.05) is 58.3 Å². The molecule has 22 heavy (non-hydrogen) atoms. The maximum absolute atomic E-state index is 10.1. The van der Waals surface area contributed by atoms with Crippen LogP contribution in [0, 0.1) is 0 Å². The Kier molecular flexibility index (Phi) is 18.9. The Balaban J connectivity index is 0. The maximum Gasteiger partial charge on any atom is 1.00 e. The van der Waals surface area contributed by atoms with Gasteiger partial charge in [0.25, 0.3) is 0 Å². The minimum atomic E-state index is -4.78. The summed E-state index contributed by atoms with van der Waals surface area (Å²) in [6.07, 6.45) is 11.3. The molecular formula is C14H29NaO6S. The molecule has 0 heterocycles. The predicted molar refractivity (Wildman–Crippen MR) is 79.4 cm³/mol. The molecule has 0 saturated heterocycles. The zero-order chi connectivity index (χ0) is 16.0. The van der Waals surface area contributed by atoms with E-state index in [0.717, 1.165) is 12.8 Å². The average molecular weight is 348 g/mol. The minimum Gasteiger partial charge on any atom is -0.724 e. The summed E-state index contributed by atoms with van der Waals surface area (Å²) in [5, 5.41) is 0. The summed E-state index contributed by atoms with van der Waals surface area (Å²) in [5.41, 5.74) is 0. The molecule has 0 aromatic rings. The summed E-state index contributed by atoms with van der Waals surface area (Å²) in [4.78, 5) is 4.21. The summed E-state index contributed by atoms with van der Waals surface area (Å²) in [5.74, 6) is 0. The minimum absolute atomic E-state index is 0. The Morgan fingerprint density at radius 2 is 1.50 bits per heavy atom. The van der Waals surface area contributed by atoms with Crippen molar-refractivity contribution in [2.45, 2.75) is 77.7 Å². The van der Waals surface area contributed by atoms with Crippen LogP contribution < -0.4 is 29.6 Å². The molecule has 0 aliphatic carbocycles. The van der Waals surface area contributed by atoms with Crippen molar-refractivity contribution in [1.29, 1.82) is 0 Å². The van der Waals surface area contributed by atoms with Crippen molar-refractivity contribution in [1.82, 2.24) is 0 Å². The number of ether oxygens (including phenoxy) is 1. The van der Waals surface area contributed by atoms with Crippen LogP contribution in [0.25, 0.3) is 0 Å². The second-order valence-corrected chi connectivity index (χ2v) is 6.20. The molecule has 1 atom stereocenters. The third-order valence-corrected chi connectivity index (χ3v) is 3.43. The van der Waals surface area contributed by atoms with Crippen LogP contribution in [0.2, 0.25) is 0 Å². The fourth-order valence-corrected chi connectivity index (χ4v) is 2.21. The van der Waals surface area contributed by atoms with Gasteiger partial charge in [-0.25, -0.2) is 13.3 Å². The molecule has 8 heteroatoms. The zero-order valence-electron chi connectivity index (χ0n) is 14.2. The van der Waals surface area contributed by atoms with Gasteiger partial charge in [-0.2, -0.15) is 0 Å². The molecule has 0 spiro atoms. The van der Waals surface area contributed by atoms with Crippen molar-refractivity contribution in [3.8, 4) is 0 Å². The van der Waals surface area contributed by atoms with Gasteiger partial charge in [0.15, 0.2) is 0 Å². The van der Waals surface area contributed by atoms with Crippen LogP contribution in [0.5, 0.6) is 0 Å². The van der Waals surface area contributed by atoms with Crippen molar-refractivity contribution >= 4 is 10.4 Å². The molecular weight excluding hydrogens is 319 g/mol. The molecule has 0 aromatic heterocycles. The van der Waals surface area contributed by atoms with Gasteiger partial charge in [0, 0.05) is 0 Å². The fraction of sp³-hybridized carbons (Fsp3) is 1.00. The number of unbranched alkanes of at least 4 members (excludes halogenated alkanes) is 7. The monoisotopic (exact) mass is 348 g/mol. The molecule has 0 amide bonds.